The van der Waals surface area contributed by atoms with E-state index in [1.807, 2.05) is 19.1 Å². The monoisotopic (exact) mass is 373 g/mol. The lowest BCUT2D eigenvalue weighted by Crippen LogP contribution is -2.15. The maximum atomic E-state index is 12.2. The minimum atomic E-state index is 0.0198. The average molecular weight is 373 g/mol. The van der Waals surface area contributed by atoms with Crippen molar-refractivity contribution >= 4 is 39.5 Å². The number of imidazole rings is 1. The van der Waals surface area contributed by atoms with Gasteiger partial charge in [-0.1, -0.05) is 6.92 Å². The van der Waals surface area contributed by atoms with Crippen LogP contribution in [-0.2, 0) is 4.79 Å². The predicted molar refractivity (Wildman–Crippen MR) is 107 cm³/mol. The van der Waals surface area contributed by atoms with Crippen molar-refractivity contribution in [2.75, 3.05) is 11.1 Å². The zero-order valence-electron chi connectivity index (χ0n) is 15.5. The molecule has 4 aromatic heterocycles. The summed E-state index contributed by atoms with van der Waals surface area (Å²) in [6.45, 7) is 4.07. The zero-order valence-corrected chi connectivity index (χ0v) is 15.5. The third-order valence-corrected chi connectivity index (χ3v) is 5.43. The number of anilines is 2. The molecule has 2 atom stereocenters. The Kier molecular flexibility index (Phi) is 3.55. The van der Waals surface area contributed by atoms with E-state index in [9.17, 15) is 4.79 Å². The second-order valence-corrected chi connectivity index (χ2v) is 7.39. The van der Waals surface area contributed by atoms with Crippen LogP contribution in [0.15, 0.2) is 30.9 Å². The molecule has 1 saturated carbocycles. The first-order chi connectivity index (χ1) is 13.5. The van der Waals surface area contributed by atoms with Crippen LogP contribution >= 0.6 is 0 Å². The Hall–Kier alpha value is -3.55. The van der Waals surface area contributed by atoms with E-state index in [0.29, 0.717) is 28.9 Å². The average Bonchev–Trinajstić information content (AvgIpc) is 3.21. The number of nitrogens with one attached hydrogen (secondary N) is 2. The molecule has 1 fully saturated rings. The van der Waals surface area contributed by atoms with E-state index in [0.717, 1.165) is 33.8 Å². The summed E-state index contributed by atoms with van der Waals surface area (Å²) in [4.78, 5) is 32.8. The molecular formula is C20H19N7O. The highest BCUT2D eigenvalue weighted by Crippen LogP contribution is 2.38. The lowest BCUT2D eigenvalue weighted by molar-refractivity contribution is -0.117. The summed E-state index contributed by atoms with van der Waals surface area (Å²) in [7, 11) is 0. The summed E-state index contributed by atoms with van der Waals surface area (Å²) in [6.07, 6.45) is 5.96. The Bertz CT molecular complexity index is 1250. The summed E-state index contributed by atoms with van der Waals surface area (Å²) in [5.74, 6) is 1.46. The van der Waals surface area contributed by atoms with Crippen LogP contribution in [0.4, 0.5) is 11.6 Å². The molecule has 8 nitrogen and oxygen atoms in total. The van der Waals surface area contributed by atoms with Crippen LogP contribution in [0.2, 0.25) is 0 Å². The lowest BCUT2D eigenvalue weighted by atomic mass is 10.0. The van der Waals surface area contributed by atoms with E-state index in [2.05, 4.69) is 37.2 Å². The summed E-state index contributed by atoms with van der Waals surface area (Å²) < 4.78 is 0. The number of carbonyl (C=O) groups excluding carboxylic acids is 1. The molecule has 0 radical (unpaired) electrons. The molecule has 0 saturated heterocycles. The number of nitrogens with zero attached hydrogens (tertiary/aromatic N) is 4. The molecule has 0 bridgehead atoms. The maximum Gasteiger partial charge on any atom is 0.228 e. The van der Waals surface area contributed by atoms with Gasteiger partial charge in [-0.25, -0.2) is 19.9 Å². The number of aromatic nitrogens is 5. The van der Waals surface area contributed by atoms with Gasteiger partial charge in [0, 0.05) is 29.3 Å². The fourth-order valence-electron chi connectivity index (χ4n) is 3.56. The Morgan fingerprint density at radius 3 is 2.86 bits per heavy atom. The zero-order chi connectivity index (χ0) is 19.4. The Labute approximate surface area is 160 Å². The van der Waals surface area contributed by atoms with Crippen molar-refractivity contribution in [1.82, 2.24) is 24.9 Å². The number of fused-ring (bicyclic) bond motifs is 2. The quantitative estimate of drug-likeness (QED) is 0.507. The van der Waals surface area contributed by atoms with Crippen molar-refractivity contribution in [3.05, 3.63) is 36.4 Å². The van der Waals surface area contributed by atoms with Crippen LogP contribution in [0.3, 0.4) is 0 Å². The van der Waals surface area contributed by atoms with Crippen LogP contribution in [0, 0.1) is 18.8 Å². The largest absolute Gasteiger partial charge is 0.383 e. The van der Waals surface area contributed by atoms with Crippen LogP contribution in [-0.4, -0.2) is 30.8 Å². The Morgan fingerprint density at radius 2 is 2.07 bits per heavy atom. The molecule has 0 unspecified atom stereocenters. The van der Waals surface area contributed by atoms with Crippen LogP contribution in [0.5, 0.6) is 0 Å². The third-order valence-electron chi connectivity index (χ3n) is 5.43. The van der Waals surface area contributed by atoms with Gasteiger partial charge in [0.2, 0.25) is 5.91 Å². The van der Waals surface area contributed by atoms with Gasteiger partial charge in [-0.05, 0) is 42.3 Å². The van der Waals surface area contributed by atoms with Gasteiger partial charge in [0.05, 0.1) is 17.5 Å². The summed E-state index contributed by atoms with van der Waals surface area (Å²) in [5, 5.41) is 4.51. The number of pyridine rings is 3. The fourth-order valence-corrected chi connectivity index (χ4v) is 3.56. The molecule has 28 heavy (non-hydrogen) atoms. The predicted octanol–water partition coefficient (Wildman–Crippen LogP) is 3.05. The van der Waals surface area contributed by atoms with E-state index in [1.165, 1.54) is 0 Å². The second-order valence-electron chi connectivity index (χ2n) is 7.39. The van der Waals surface area contributed by atoms with Gasteiger partial charge in [-0.2, -0.15) is 0 Å². The number of nitrogens with two attached hydrogens (primary N) is 1. The molecule has 4 heterocycles. The van der Waals surface area contributed by atoms with Crippen molar-refractivity contribution in [3.63, 3.8) is 0 Å². The van der Waals surface area contributed by atoms with Gasteiger partial charge in [0.15, 0.2) is 5.65 Å². The van der Waals surface area contributed by atoms with E-state index in [-0.39, 0.29) is 11.8 Å². The number of carbonyl (C=O) groups is 1. The molecule has 0 aromatic carbocycles. The minimum Gasteiger partial charge on any atom is -0.383 e. The van der Waals surface area contributed by atoms with Crippen LogP contribution in [0.25, 0.3) is 33.2 Å². The first-order valence-electron chi connectivity index (χ1n) is 9.17. The van der Waals surface area contributed by atoms with Gasteiger partial charge >= 0.3 is 0 Å². The molecule has 140 valence electrons. The molecule has 0 spiro atoms. The van der Waals surface area contributed by atoms with Gasteiger partial charge in [-0.15, -0.1) is 0 Å². The number of hydrogen-bond donors (Lipinski definition) is 3. The molecule has 4 N–H and O–H groups in total. The second kappa shape index (κ2) is 5.98. The van der Waals surface area contributed by atoms with Crippen molar-refractivity contribution in [2.45, 2.75) is 20.3 Å². The van der Waals surface area contributed by atoms with E-state index >= 15 is 0 Å². The molecule has 1 aliphatic carbocycles. The summed E-state index contributed by atoms with van der Waals surface area (Å²) in [6, 6.07) is 3.77. The van der Waals surface area contributed by atoms with Gasteiger partial charge in [-0.3, -0.25) is 4.79 Å². The number of H-pyrrole nitrogens is 1. The number of nitrogen functional groups attached to an aromatic ring is 1. The molecule has 1 aliphatic rings. The van der Waals surface area contributed by atoms with Crippen LogP contribution < -0.4 is 11.1 Å². The molecular weight excluding hydrogens is 354 g/mol. The van der Waals surface area contributed by atoms with Crippen molar-refractivity contribution < 1.29 is 4.79 Å². The van der Waals surface area contributed by atoms with Crippen molar-refractivity contribution in [2.24, 2.45) is 11.8 Å². The third kappa shape index (κ3) is 2.65. The molecule has 8 heteroatoms. The molecule has 5 rings (SSSR count). The minimum absolute atomic E-state index is 0.0198. The lowest BCUT2D eigenvalue weighted by Gasteiger charge is -2.10. The first-order valence-corrected chi connectivity index (χ1v) is 9.17. The van der Waals surface area contributed by atoms with Gasteiger partial charge < -0.3 is 16.0 Å². The normalized spacial score (nSPS) is 18.5. The van der Waals surface area contributed by atoms with E-state index in [1.54, 1.807) is 18.7 Å². The highest BCUT2D eigenvalue weighted by Gasteiger charge is 2.39. The van der Waals surface area contributed by atoms with E-state index < -0.39 is 0 Å². The standard InChI is InChI=1S/C20H19N7O/c1-9-3-12(9)20(28)27-16-5-11-4-15(26-18(21)14(11)7-22-16)13-6-23-19-17(10(13)2)24-8-25-19/h4-9,12H,3H2,1-2H3,(H2,21,26)(H,22,27,28)(H,23,24,25)/t9-,12+/m0/s1. The number of amides is 1. The summed E-state index contributed by atoms with van der Waals surface area (Å²) >= 11 is 0. The highest BCUT2D eigenvalue weighted by atomic mass is 16.2. The van der Waals surface area contributed by atoms with Crippen molar-refractivity contribution in [1.29, 1.82) is 0 Å². The fraction of sp³-hybridized carbons (Fsp3) is 0.250. The number of aromatic amines is 1. The summed E-state index contributed by atoms with van der Waals surface area (Å²) in [5.41, 5.74) is 10.3. The number of rotatable bonds is 3. The molecule has 1 amide bonds. The van der Waals surface area contributed by atoms with E-state index in [4.69, 9.17) is 5.73 Å². The van der Waals surface area contributed by atoms with Gasteiger partial charge in [0.1, 0.15) is 11.6 Å². The SMILES string of the molecule is Cc1c(-c2cc3cc(NC(=O)[C@@H]4C[C@@H]4C)ncc3c(N)n2)cnc2nc[nH]c12. The first kappa shape index (κ1) is 16.6. The highest BCUT2D eigenvalue weighted by molar-refractivity contribution is 5.98. The Morgan fingerprint density at radius 1 is 1.25 bits per heavy atom. The molecule has 0 aliphatic heterocycles. The smallest absolute Gasteiger partial charge is 0.228 e. The van der Waals surface area contributed by atoms with Crippen LogP contribution in [0.1, 0.15) is 18.9 Å². The maximum absolute atomic E-state index is 12.2. The topological polar surface area (TPSA) is 122 Å². The number of aryl methyl sites for hydroxylation is 1. The Balaban J connectivity index is 1.57. The molecule has 4 aromatic rings. The van der Waals surface area contributed by atoms with Crippen molar-refractivity contribution in [3.8, 4) is 11.3 Å². The number of hydrogen-bond acceptors (Lipinski definition) is 6. The van der Waals surface area contributed by atoms with Gasteiger partial charge in [0.25, 0.3) is 0 Å².